The third kappa shape index (κ3) is 19.7. The normalized spacial score (nSPS) is 15.0. The Labute approximate surface area is 380 Å². The van der Waals surface area contributed by atoms with Crippen molar-refractivity contribution in [1.29, 1.82) is 0 Å². The lowest BCUT2D eigenvalue weighted by molar-refractivity contribution is -0.131. The zero-order chi connectivity index (χ0) is 47.4. The summed E-state index contributed by atoms with van der Waals surface area (Å²) in [7, 11) is -4.28. The Morgan fingerprint density at radius 2 is 0.953 bits per heavy atom. The smallest absolute Gasteiger partial charge is 0.242 e. The minimum absolute atomic E-state index is 0.0372. The number of carbonyl (C=O) groups is 5. The number of nitrogens with one attached hydrogen (secondary N) is 5. The number of rotatable bonds is 27. The molecule has 0 saturated heterocycles. The summed E-state index contributed by atoms with van der Waals surface area (Å²) in [6, 6.07) is 23.4. The van der Waals surface area contributed by atoms with Gasteiger partial charge in [-0.3, -0.25) is 24.0 Å². The fourth-order valence-electron chi connectivity index (χ4n) is 7.44. The van der Waals surface area contributed by atoms with Crippen LogP contribution in [-0.2, 0) is 53.2 Å². The van der Waals surface area contributed by atoms with Crippen molar-refractivity contribution >= 4 is 39.4 Å². The van der Waals surface area contributed by atoms with E-state index in [0.717, 1.165) is 11.1 Å². The average Bonchev–Trinajstić information content (AvgIpc) is 3.21. The van der Waals surface area contributed by atoms with E-state index in [1.54, 1.807) is 30.3 Å². The fourth-order valence-corrected chi connectivity index (χ4v) is 9.27. The zero-order valence-corrected chi connectivity index (χ0v) is 39.3. The third-order valence-electron chi connectivity index (χ3n) is 10.6. The molecule has 0 aromatic heterocycles. The van der Waals surface area contributed by atoms with Gasteiger partial charge in [0.1, 0.15) is 11.3 Å². The van der Waals surface area contributed by atoms with Gasteiger partial charge in [-0.1, -0.05) is 133 Å². The van der Waals surface area contributed by atoms with Crippen molar-refractivity contribution in [1.82, 2.24) is 26.6 Å². The van der Waals surface area contributed by atoms with Gasteiger partial charge in [0.15, 0.2) is 9.84 Å². The summed E-state index contributed by atoms with van der Waals surface area (Å²) in [6.45, 7) is 13.1. The summed E-state index contributed by atoms with van der Waals surface area (Å²) in [5.41, 5.74) is 2.31. The molecule has 0 fully saturated rings. The zero-order valence-electron chi connectivity index (χ0n) is 38.5. The SMILES string of the molecule is CC(C)CC(=O)NC(Cc1ccccc1)CS(=O)(=O)C(Cc1ccccc1)C(=O)NC(CC(C)C)C(O)CC(=O)NC(C)C(=O)NC(CC(C)C)C(O)CC(=O)NCc1ccccc1. The van der Waals surface area contributed by atoms with Crippen molar-refractivity contribution in [3.8, 4) is 0 Å². The molecule has 7 N–H and O–H groups in total. The van der Waals surface area contributed by atoms with Crippen LogP contribution < -0.4 is 26.6 Å². The van der Waals surface area contributed by atoms with Gasteiger partial charge in [0.2, 0.25) is 29.5 Å². The number of aliphatic hydroxyl groups excluding tert-OH is 2. The molecule has 0 bridgehead atoms. The van der Waals surface area contributed by atoms with Crippen LogP contribution in [0.4, 0.5) is 0 Å². The second-order valence-corrected chi connectivity index (χ2v) is 20.4. The van der Waals surface area contributed by atoms with Gasteiger partial charge in [-0.05, 0) is 67.1 Å². The predicted octanol–water partition coefficient (Wildman–Crippen LogP) is 4.17. The number of aliphatic hydroxyl groups is 2. The summed E-state index contributed by atoms with van der Waals surface area (Å²) in [5.74, 6) is -3.37. The van der Waals surface area contributed by atoms with Crippen LogP contribution in [0.3, 0.4) is 0 Å². The fraction of sp³-hybridized carbons (Fsp3) is 0.531. The first-order valence-electron chi connectivity index (χ1n) is 22.4. The molecule has 0 saturated carbocycles. The standard InChI is InChI=1S/C49H71N5O9S/c1-32(2)23-40(42(55)28-45(57)50-30-38-21-15-10-16-22-38)53-48(60)35(7)51-47(59)29-43(56)41(24-33(3)4)54-49(61)44(27-37-19-13-9-14-20-37)64(62,63)31-39(52-46(58)25-34(5)6)26-36-17-11-8-12-18-36/h8-22,32-35,39-44,55-56H,23-31H2,1-7H3,(H,50,57)(H,51,59)(H,52,58)(H,53,60)(H,54,61). The molecule has 0 spiro atoms. The van der Waals surface area contributed by atoms with Crippen molar-refractivity contribution in [2.75, 3.05) is 5.75 Å². The van der Waals surface area contributed by atoms with Crippen LogP contribution in [0.25, 0.3) is 0 Å². The summed E-state index contributed by atoms with van der Waals surface area (Å²) in [5, 5.41) is 34.7. The molecule has 0 aliphatic carbocycles. The van der Waals surface area contributed by atoms with Crippen molar-refractivity contribution in [3.63, 3.8) is 0 Å². The lowest BCUT2D eigenvalue weighted by Gasteiger charge is -2.29. The van der Waals surface area contributed by atoms with Crippen molar-refractivity contribution < 1.29 is 42.6 Å². The van der Waals surface area contributed by atoms with Crippen molar-refractivity contribution in [2.45, 2.75) is 142 Å². The summed E-state index contributed by atoms with van der Waals surface area (Å²) < 4.78 is 28.8. The van der Waals surface area contributed by atoms with E-state index in [1.807, 2.05) is 102 Å². The molecule has 64 heavy (non-hydrogen) atoms. The van der Waals surface area contributed by atoms with Crippen LogP contribution in [0.2, 0.25) is 0 Å². The van der Waals surface area contributed by atoms with Gasteiger partial charge < -0.3 is 36.8 Å². The highest BCUT2D eigenvalue weighted by atomic mass is 32.2. The number of hydrogen-bond acceptors (Lipinski definition) is 9. The van der Waals surface area contributed by atoms with Gasteiger partial charge in [-0.2, -0.15) is 0 Å². The lowest BCUT2D eigenvalue weighted by Crippen LogP contribution is -2.54. The van der Waals surface area contributed by atoms with Crippen LogP contribution in [-0.4, -0.2) is 95.5 Å². The molecule has 3 rings (SSSR count). The number of hydrogen-bond donors (Lipinski definition) is 7. The molecule has 3 aromatic rings. The van der Waals surface area contributed by atoms with E-state index in [1.165, 1.54) is 6.92 Å². The topological polar surface area (TPSA) is 220 Å². The molecular formula is C49H71N5O9S. The highest BCUT2D eigenvalue weighted by Gasteiger charge is 2.38. The molecule has 0 radical (unpaired) electrons. The minimum Gasteiger partial charge on any atom is -0.390 e. The highest BCUT2D eigenvalue weighted by molar-refractivity contribution is 7.92. The van der Waals surface area contributed by atoms with E-state index in [0.29, 0.717) is 12.0 Å². The Morgan fingerprint density at radius 1 is 0.516 bits per heavy atom. The predicted molar refractivity (Wildman–Crippen MR) is 249 cm³/mol. The van der Waals surface area contributed by atoms with Crippen LogP contribution in [0, 0.1) is 17.8 Å². The number of sulfone groups is 1. The highest BCUT2D eigenvalue weighted by Crippen LogP contribution is 2.19. The largest absolute Gasteiger partial charge is 0.390 e. The van der Waals surface area contributed by atoms with E-state index in [-0.39, 0.29) is 68.2 Å². The number of benzene rings is 3. The van der Waals surface area contributed by atoms with E-state index >= 15 is 0 Å². The Kier molecular flexibility index (Phi) is 22.1. The van der Waals surface area contributed by atoms with E-state index < -0.39 is 81.4 Å². The maximum absolute atomic E-state index is 14.4. The Balaban J connectivity index is 1.73. The Morgan fingerprint density at radius 3 is 1.44 bits per heavy atom. The molecule has 5 amide bonds. The third-order valence-corrected chi connectivity index (χ3v) is 12.7. The van der Waals surface area contributed by atoms with Gasteiger partial charge in [-0.25, -0.2) is 8.42 Å². The van der Waals surface area contributed by atoms with Crippen LogP contribution in [0.15, 0.2) is 91.0 Å². The van der Waals surface area contributed by atoms with Gasteiger partial charge in [0.25, 0.3) is 0 Å². The maximum atomic E-state index is 14.4. The van der Waals surface area contributed by atoms with Crippen LogP contribution in [0.1, 0.15) is 97.3 Å². The quantitative estimate of drug-likeness (QED) is 0.0583. The molecule has 7 unspecified atom stereocenters. The number of carbonyl (C=O) groups excluding carboxylic acids is 5. The van der Waals surface area contributed by atoms with Gasteiger partial charge in [0.05, 0.1) is 42.9 Å². The minimum atomic E-state index is -4.28. The summed E-state index contributed by atoms with van der Waals surface area (Å²) in [4.78, 5) is 66.6. The molecule has 0 aliphatic heterocycles. The van der Waals surface area contributed by atoms with E-state index in [9.17, 15) is 42.6 Å². The maximum Gasteiger partial charge on any atom is 0.242 e. The van der Waals surface area contributed by atoms with Crippen LogP contribution in [0.5, 0.6) is 0 Å². The molecule has 0 aliphatic rings. The summed E-state index contributed by atoms with van der Waals surface area (Å²) in [6.07, 6.45) is -2.65. The first kappa shape index (κ1) is 53.2. The first-order chi connectivity index (χ1) is 30.2. The second kappa shape index (κ2) is 26.6. The molecule has 15 heteroatoms. The van der Waals surface area contributed by atoms with Gasteiger partial charge in [0, 0.05) is 19.0 Å². The first-order valence-corrected chi connectivity index (χ1v) is 24.1. The molecule has 3 aromatic carbocycles. The van der Waals surface area contributed by atoms with Gasteiger partial charge in [-0.15, -0.1) is 0 Å². The number of amides is 5. The van der Waals surface area contributed by atoms with Crippen LogP contribution >= 0.6 is 0 Å². The Hall–Kier alpha value is -5.12. The molecule has 7 atom stereocenters. The van der Waals surface area contributed by atoms with Crippen molar-refractivity contribution in [2.24, 2.45) is 17.8 Å². The average molecular weight is 906 g/mol. The molecular weight excluding hydrogens is 835 g/mol. The molecule has 0 heterocycles. The lowest BCUT2D eigenvalue weighted by atomic mass is 9.96. The van der Waals surface area contributed by atoms with E-state index in [4.69, 9.17) is 0 Å². The van der Waals surface area contributed by atoms with E-state index in [2.05, 4.69) is 26.6 Å². The molecule has 14 nitrogen and oxygen atoms in total. The second-order valence-electron chi connectivity index (χ2n) is 18.1. The van der Waals surface area contributed by atoms with Crippen molar-refractivity contribution in [3.05, 3.63) is 108 Å². The Bertz CT molecular complexity index is 2020. The van der Waals surface area contributed by atoms with Gasteiger partial charge >= 0.3 is 0 Å². The summed E-state index contributed by atoms with van der Waals surface area (Å²) >= 11 is 0. The monoisotopic (exact) mass is 905 g/mol. The molecule has 352 valence electrons.